The Morgan fingerprint density at radius 3 is 2.70 bits per heavy atom. The maximum absolute atomic E-state index is 13.1. The quantitative estimate of drug-likeness (QED) is 0.685. The van der Waals surface area contributed by atoms with Crippen LogP contribution in [-0.4, -0.2) is 9.91 Å². The van der Waals surface area contributed by atoms with Crippen LogP contribution in [0.4, 0.5) is 10.1 Å². The van der Waals surface area contributed by atoms with E-state index in [1.165, 1.54) is 6.20 Å². The second-order valence-corrected chi connectivity index (χ2v) is 4.18. The highest BCUT2D eigenvalue weighted by Gasteiger charge is 2.16. The Hall–Kier alpha value is -2.54. The molecule has 2 aromatic rings. The van der Waals surface area contributed by atoms with E-state index in [4.69, 9.17) is 10.5 Å². The first-order valence-electron chi connectivity index (χ1n) is 5.80. The SMILES string of the molecule is C[C@H](N)c1ccc(Oc2cc(F)ccc2[N+](=O)[O-])cn1. The molecule has 1 atom stereocenters. The van der Waals surface area contributed by atoms with Crippen LogP contribution in [0.1, 0.15) is 18.7 Å². The van der Waals surface area contributed by atoms with Crippen molar-refractivity contribution in [2.75, 3.05) is 0 Å². The molecule has 0 radical (unpaired) electrons. The van der Waals surface area contributed by atoms with Gasteiger partial charge in [0.2, 0.25) is 5.75 Å². The molecule has 1 aromatic carbocycles. The molecule has 0 aliphatic carbocycles. The smallest absolute Gasteiger partial charge is 0.311 e. The molecular weight excluding hydrogens is 265 g/mol. The van der Waals surface area contributed by atoms with Gasteiger partial charge in [-0.15, -0.1) is 0 Å². The number of nitrogens with two attached hydrogens (primary N) is 1. The zero-order valence-corrected chi connectivity index (χ0v) is 10.6. The summed E-state index contributed by atoms with van der Waals surface area (Å²) in [5, 5.41) is 10.8. The van der Waals surface area contributed by atoms with Crippen LogP contribution >= 0.6 is 0 Å². The van der Waals surface area contributed by atoms with E-state index >= 15 is 0 Å². The van der Waals surface area contributed by atoms with Crippen molar-refractivity contribution in [3.63, 3.8) is 0 Å². The molecule has 6 nitrogen and oxygen atoms in total. The lowest BCUT2D eigenvalue weighted by atomic mass is 10.2. The number of aromatic nitrogens is 1. The molecule has 0 fully saturated rings. The molecule has 0 saturated heterocycles. The maximum Gasteiger partial charge on any atom is 0.311 e. The fourth-order valence-corrected chi connectivity index (χ4v) is 1.57. The minimum atomic E-state index is -0.640. The Morgan fingerprint density at radius 2 is 2.15 bits per heavy atom. The first kappa shape index (κ1) is 13.9. The van der Waals surface area contributed by atoms with Crippen molar-refractivity contribution in [2.45, 2.75) is 13.0 Å². The van der Waals surface area contributed by atoms with E-state index in [-0.39, 0.29) is 23.2 Å². The second-order valence-electron chi connectivity index (χ2n) is 4.18. The zero-order chi connectivity index (χ0) is 14.7. The van der Waals surface area contributed by atoms with Gasteiger partial charge in [-0.1, -0.05) is 0 Å². The number of halogens is 1. The first-order valence-corrected chi connectivity index (χ1v) is 5.80. The number of benzene rings is 1. The monoisotopic (exact) mass is 277 g/mol. The number of pyridine rings is 1. The van der Waals surface area contributed by atoms with Crippen molar-refractivity contribution in [3.05, 3.63) is 58.2 Å². The molecular formula is C13H12FN3O3. The van der Waals surface area contributed by atoms with Crippen molar-refractivity contribution < 1.29 is 14.1 Å². The molecule has 20 heavy (non-hydrogen) atoms. The molecule has 2 N–H and O–H groups in total. The summed E-state index contributed by atoms with van der Waals surface area (Å²) in [6.45, 7) is 1.78. The van der Waals surface area contributed by atoms with Gasteiger partial charge in [-0.25, -0.2) is 4.39 Å². The van der Waals surface area contributed by atoms with Gasteiger partial charge in [0, 0.05) is 18.2 Å². The van der Waals surface area contributed by atoms with Crippen molar-refractivity contribution in [3.8, 4) is 11.5 Å². The third kappa shape index (κ3) is 3.07. The van der Waals surface area contributed by atoms with Crippen molar-refractivity contribution >= 4 is 5.69 Å². The minimum absolute atomic E-state index is 0.176. The van der Waals surface area contributed by atoms with E-state index in [9.17, 15) is 14.5 Å². The number of hydrogen-bond acceptors (Lipinski definition) is 5. The summed E-state index contributed by atoms with van der Waals surface area (Å²) in [5.74, 6) is -0.529. The molecule has 0 aliphatic heterocycles. The van der Waals surface area contributed by atoms with Gasteiger partial charge >= 0.3 is 5.69 Å². The maximum atomic E-state index is 13.1. The van der Waals surface area contributed by atoms with E-state index in [1.54, 1.807) is 19.1 Å². The summed E-state index contributed by atoms with van der Waals surface area (Å²) in [6.07, 6.45) is 1.38. The van der Waals surface area contributed by atoms with Crippen LogP contribution in [0.25, 0.3) is 0 Å². The van der Waals surface area contributed by atoms with Gasteiger partial charge in [-0.3, -0.25) is 15.1 Å². The predicted molar refractivity (Wildman–Crippen MR) is 70.0 cm³/mol. The summed E-state index contributed by atoms with van der Waals surface area (Å²) in [5.41, 5.74) is 6.00. The van der Waals surface area contributed by atoms with E-state index in [2.05, 4.69) is 4.98 Å². The highest BCUT2D eigenvalue weighted by molar-refractivity contribution is 5.48. The predicted octanol–water partition coefficient (Wildman–Crippen LogP) is 2.94. The lowest BCUT2D eigenvalue weighted by Crippen LogP contribution is -2.06. The van der Waals surface area contributed by atoms with Crippen LogP contribution in [0, 0.1) is 15.9 Å². The highest BCUT2D eigenvalue weighted by Crippen LogP contribution is 2.31. The van der Waals surface area contributed by atoms with Crippen LogP contribution in [0.15, 0.2) is 36.5 Å². The normalized spacial score (nSPS) is 11.9. The zero-order valence-electron chi connectivity index (χ0n) is 10.6. The molecule has 0 spiro atoms. The largest absolute Gasteiger partial charge is 0.448 e. The van der Waals surface area contributed by atoms with Gasteiger partial charge in [0.15, 0.2) is 0 Å². The number of nitrogens with zero attached hydrogens (tertiary/aromatic N) is 2. The van der Waals surface area contributed by atoms with E-state index in [0.717, 1.165) is 18.2 Å². The van der Waals surface area contributed by atoms with Crippen LogP contribution in [-0.2, 0) is 0 Å². The molecule has 104 valence electrons. The fraction of sp³-hybridized carbons (Fsp3) is 0.154. The molecule has 0 saturated carbocycles. The first-order chi connectivity index (χ1) is 9.47. The third-order valence-electron chi connectivity index (χ3n) is 2.57. The van der Waals surface area contributed by atoms with Gasteiger partial charge in [0.25, 0.3) is 0 Å². The Bertz CT molecular complexity index is 629. The van der Waals surface area contributed by atoms with Gasteiger partial charge in [-0.2, -0.15) is 0 Å². The molecule has 1 heterocycles. The van der Waals surface area contributed by atoms with E-state index < -0.39 is 10.7 Å². The number of ether oxygens (including phenoxy) is 1. The topological polar surface area (TPSA) is 91.3 Å². The van der Waals surface area contributed by atoms with Crippen LogP contribution in [0.5, 0.6) is 11.5 Å². The van der Waals surface area contributed by atoms with Crippen LogP contribution in [0.2, 0.25) is 0 Å². The highest BCUT2D eigenvalue weighted by atomic mass is 19.1. The van der Waals surface area contributed by atoms with Gasteiger partial charge < -0.3 is 10.5 Å². The molecule has 0 aliphatic rings. The van der Waals surface area contributed by atoms with E-state index in [0.29, 0.717) is 5.69 Å². The summed E-state index contributed by atoms with van der Waals surface area (Å²) in [7, 11) is 0. The Labute approximate surface area is 114 Å². The van der Waals surface area contributed by atoms with Crippen molar-refractivity contribution in [1.29, 1.82) is 0 Å². The van der Waals surface area contributed by atoms with Crippen LogP contribution < -0.4 is 10.5 Å². The molecule has 0 bridgehead atoms. The van der Waals surface area contributed by atoms with Gasteiger partial charge in [0.1, 0.15) is 11.6 Å². The molecule has 0 unspecified atom stereocenters. The molecule has 7 heteroatoms. The number of hydrogen-bond donors (Lipinski definition) is 1. The Balaban J connectivity index is 2.29. The summed E-state index contributed by atoms with van der Waals surface area (Å²) in [6, 6.07) is 5.99. The standard InChI is InChI=1S/C13H12FN3O3/c1-8(15)11-4-3-10(7-16-11)20-13-6-9(14)2-5-12(13)17(18)19/h2-8H,15H2,1H3/t8-/m0/s1. The average molecular weight is 277 g/mol. The minimum Gasteiger partial charge on any atom is -0.448 e. The summed E-state index contributed by atoms with van der Waals surface area (Å²) >= 11 is 0. The Morgan fingerprint density at radius 1 is 1.40 bits per heavy atom. The number of rotatable bonds is 4. The summed E-state index contributed by atoms with van der Waals surface area (Å²) < 4.78 is 18.4. The summed E-state index contributed by atoms with van der Waals surface area (Å²) in [4.78, 5) is 14.3. The average Bonchev–Trinajstić information content (AvgIpc) is 2.39. The second kappa shape index (κ2) is 5.62. The van der Waals surface area contributed by atoms with E-state index in [1.807, 2.05) is 0 Å². The third-order valence-corrected chi connectivity index (χ3v) is 2.57. The van der Waals surface area contributed by atoms with Gasteiger partial charge in [-0.05, 0) is 25.1 Å². The molecule has 2 rings (SSSR count). The molecule has 0 amide bonds. The van der Waals surface area contributed by atoms with Gasteiger partial charge in [0.05, 0.1) is 16.8 Å². The fourth-order valence-electron chi connectivity index (χ4n) is 1.57. The Kier molecular flexibility index (Phi) is 3.90. The number of nitro groups is 1. The van der Waals surface area contributed by atoms with Crippen molar-refractivity contribution in [1.82, 2.24) is 4.98 Å². The lowest BCUT2D eigenvalue weighted by Gasteiger charge is -2.08. The van der Waals surface area contributed by atoms with Crippen molar-refractivity contribution in [2.24, 2.45) is 5.73 Å². The lowest BCUT2D eigenvalue weighted by molar-refractivity contribution is -0.385. The number of nitro benzene ring substituents is 1. The van der Waals surface area contributed by atoms with Crippen LogP contribution in [0.3, 0.4) is 0 Å². The molecule has 1 aromatic heterocycles.